The number of halogens is 4. The van der Waals surface area contributed by atoms with E-state index in [-0.39, 0.29) is 11.8 Å². The lowest BCUT2D eigenvalue weighted by atomic mass is 10.2. The fourth-order valence-corrected chi connectivity index (χ4v) is 3.65. The Bertz CT molecular complexity index is 885. The highest BCUT2D eigenvalue weighted by atomic mass is 35.5. The molecular formula is C18H23ClF3N5O. The number of rotatable bonds is 6. The van der Waals surface area contributed by atoms with Crippen LogP contribution in [-0.2, 0) is 24.1 Å². The van der Waals surface area contributed by atoms with Gasteiger partial charge in [-0.15, -0.1) is 0 Å². The minimum Gasteiger partial charge on any atom is -0.339 e. The van der Waals surface area contributed by atoms with E-state index in [9.17, 15) is 18.0 Å². The van der Waals surface area contributed by atoms with E-state index in [2.05, 4.69) is 10.2 Å². The van der Waals surface area contributed by atoms with E-state index in [1.807, 2.05) is 20.0 Å². The van der Waals surface area contributed by atoms with Crippen molar-refractivity contribution in [3.63, 3.8) is 0 Å². The standard InChI is InChI=1S/C18H23ClF3N5O/c1-5-26-9-13(10(2)23-26)8-25(4)17(28)11(3)27-15(12-6-7-12)14(19)16(24-27)18(20,21)22/h9,11-12H,5-8H2,1-4H3/t11-/m1/s1. The van der Waals surface area contributed by atoms with Crippen molar-refractivity contribution < 1.29 is 18.0 Å². The van der Waals surface area contributed by atoms with Gasteiger partial charge in [-0.3, -0.25) is 14.2 Å². The zero-order valence-corrected chi connectivity index (χ0v) is 17.0. The lowest BCUT2D eigenvalue weighted by molar-refractivity contribution is -0.142. The number of hydrogen-bond acceptors (Lipinski definition) is 3. The monoisotopic (exact) mass is 417 g/mol. The average Bonchev–Trinajstić information content (AvgIpc) is 3.30. The van der Waals surface area contributed by atoms with Gasteiger partial charge in [0, 0.05) is 37.8 Å². The Morgan fingerprint density at radius 3 is 2.54 bits per heavy atom. The van der Waals surface area contributed by atoms with Gasteiger partial charge in [-0.2, -0.15) is 23.4 Å². The van der Waals surface area contributed by atoms with E-state index in [1.54, 1.807) is 18.7 Å². The minimum atomic E-state index is -4.66. The van der Waals surface area contributed by atoms with Crippen molar-refractivity contribution in [1.29, 1.82) is 0 Å². The van der Waals surface area contributed by atoms with Crippen molar-refractivity contribution in [3.8, 4) is 0 Å². The third-order valence-corrected chi connectivity index (χ3v) is 5.37. The van der Waals surface area contributed by atoms with Crippen molar-refractivity contribution in [3.05, 3.63) is 33.9 Å². The Labute approximate surface area is 166 Å². The first-order valence-electron chi connectivity index (χ1n) is 9.17. The first kappa shape index (κ1) is 20.7. The molecular weight excluding hydrogens is 395 g/mol. The molecule has 2 aromatic rings. The number of amides is 1. The molecule has 28 heavy (non-hydrogen) atoms. The lowest BCUT2D eigenvalue weighted by Gasteiger charge is -2.23. The Balaban J connectivity index is 1.85. The van der Waals surface area contributed by atoms with Crippen LogP contribution in [0, 0.1) is 6.92 Å². The molecule has 3 rings (SSSR count). The molecule has 6 nitrogen and oxygen atoms in total. The van der Waals surface area contributed by atoms with E-state index in [0.29, 0.717) is 18.8 Å². The van der Waals surface area contributed by atoms with Gasteiger partial charge in [0.05, 0.1) is 16.4 Å². The highest BCUT2D eigenvalue weighted by Crippen LogP contribution is 2.47. The molecule has 1 saturated carbocycles. The number of carbonyl (C=O) groups excluding carboxylic acids is 1. The average molecular weight is 418 g/mol. The lowest BCUT2D eigenvalue weighted by Crippen LogP contribution is -2.34. The second-order valence-corrected chi connectivity index (χ2v) is 7.61. The molecule has 2 heterocycles. The molecule has 0 saturated heterocycles. The molecule has 1 amide bonds. The molecule has 1 aliphatic carbocycles. The molecule has 2 aromatic heterocycles. The second-order valence-electron chi connectivity index (χ2n) is 7.23. The van der Waals surface area contributed by atoms with Crippen LogP contribution in [0.5, 0.6) is 0 Å². The van der Waals surface area contributed by atoms with Crippen molar-refractivity contribution >= 4 is 17.5 Å². The van der Waals surface area contributed by atoms with Crippen LogP contribution in [0.2, 0.25) is 5.02 Å². The molecule has 0 radical (unpaired) electrons. The van der Waals surface area contributed by atoms with Gasteiger partial charge < -0.3 is 4.90 Å². The molecule has 1 atom stereocenters. The summed E-state index contributed by atoms with van der Waals surface area (Å²) in [6.07, 6.45) is -1.30. The molecule has 0 unspecified atom stereocenters. The van der Waals surface area contributed by atoms with Gasteiger partial charge in [0.25, 0.3) is 0 Å². The Hall–Kier alpha value is -2.03. The molecule has 154 valence electrons. The minimum absolute atomic E-state index is 0.0818. The predicted molar refractivity (Wildman–Crippen MR) is 98.0 cm³/mol. The molecule has 0 spiro atoms. The number of likely N-dealkylation sites (N-methyl/N-ethyl adjacent to an activating group) is 1. The number of alkyl halides is 3. The van der Waals surface area contributed by atoms with Gasteiger partial charge in [0.1, 0.15) is 6.04 Å². The van der Waals surface area contributed by atoms with Crippen molar-refractivity contribution in [1.82, 2.24) is 24.5 Å². The van der Waals surface area contributed by atoms with Gasteiger partial charge in [0.15, 0.2) is 5.69 Å². The molecule has 1 aliphatic rings. The maximum atomic E-state index is 13.3. The summed E-state index contributed by atoms with van der Waals surface area (Å²) >= 11 is 6.01. The van der Waals surface area contributed by atoms with Crippen LogP contribution in [0.25, 0.3) is 0 Å². The largest absolute Gasteiger partial charge is 0.436 e. The number of hydrogen-bond donors (Lipinski definition) is 0. The Kier molecular flexibility index (Phi) is 5.49. The summed E-state index contributed by atoms with van der Waals surface area (Å²) in [5, 5.41) is 7.64. The quantitative estimate of drug-likeness (QED) is 0.708. The first-order chi connectivity index (χ1) is 13.0. The van der Waals surface area contributed by atoms with Crippen LogP contribution < -0.4 is 0 Å². The molecule has 0 aromatic carbocycles. The van der Waals surface area contributed by atoms with Crippen LogP contribution in [0.4, 0.5) is 13.2 Å². The fraction of sp³-hybridized carbons (Fsp3) is 0.611. The number of aryl methyl sites for hydroxylation is 2. The van der Waals surface area contributed by atoms with Crippen LogP contribution in [0.15, 0.2) is 6.20 Å². The van der Waals surface area contributed by atoms with Crippen LogP contribution in [0.1, 0.15) is 61.3 Å². The normalized spacial score (nSPS) is 15.7. The second kappa shape index (κ2) is 7.42. The predicted octanol–water partition coefficient (Wildman–Crippen LogP) is 4.18. The zero-order valence-electron chi connectivity index (χ0n) is 16.2. The van der Waals surface area contributed by atoms with Crippen molar-refractivity contribution in [2.75, 3.05) is 7.05 Å². The number of aromatic nitrogens is 4. The molecule has 0 aliphatic heterocycles. The highest BCUT2D eigenvalue weighted by molar-refractivity contribution is 6.32. The van der Waals surface area contributed by atoms with E-state index in [1.165, 1.54) is 4.90 Å². The molecule has 10 heteroatoms. The molecule has 0 bridgehead atoms. The van der Waals surface area contributed by atoms with E-state index in [4.69, 9.17) is 11.6 Å². The smallest absolute Gasteiger partial charge is 0.339 e. The van der Waals surface area contributed by atoms with Gasteiger partial charge in [-0.05, 0) is 33.6 Å². The Morgan fingerprint density at radius 1 is 1.39 bits per heavy atom. The third-order valence-electron chi connectivity index (χ3n) is 5.00. The highest BCUT2D eigenvalue weighted by Gasteiger charge is 2.43. The molecule has 0 N–H and O–H groups in total. The zero-order chi connectivity index (χ0) is 20.8. The van der Waals surface area contributed by atoms with Gasteiger partial charge in [0.2, 0.25) is 5.91 Å². The number of carbonyl (C=O) groups is 1. The van der Waals surface area contributed by atoms with E-state index >= 15 is 0 Å². The van der Waals surface area contributed by atoms with E-state index in [0.717, 1.165) is 28.8 Å². The Morgan fingerprint density at radius 2 is 2.04 bits per heavy atom. The summed E-state index contributed by atoms with van der Waals surface area (Å²) in [7, 11) is 1.62. The van der Waals surface area contributed by atoms with Crippen LogP contribution in [0.3, 0.4) is 0 Å². The number of nitrogens with zero attached hydrogens (tertiary/aromatic N) is 5. The van der Waals surface area contributed by atoms with Crippen LogP contribution in [-0.4, -0.2) is 37.4 Å². The van der Waals surface area contributed by atoms with E-state index < -0.39 is 22.9 Å². The van der Waals surface area contributed by atoms with Gasteiger partial charge >= 0.3 is 6.18 Å². The SMILES string of the molecule is CCn1cc(CN(C)C(=O)[C@@H](C)n2nc(C(F)(F)F)c(Cl)c2C2CC2)c(C)n1. The van der Waals surface area contributed by atoms with Crippen LogP contribution >= 0.6 is 11.6 Å². The van der Waals surface area contributed by atoms with Gasteiger partial charge in [-0.1, -0.05) is 11.6 Å². The topological polar surface area (TPSA) is 56.0 Å². The summed E-state index contributed by atoms with van der Waals surface area (Å²) in [4.78, 5) is 14.4. The van der Waals surface area contributed by atoms with Crippen molar-refractivity contribution in [2.24, 2.45) is 0 Å². The van der Waals surface area contributed by atoms with Crippen molar-refractivity contribution in [2.45, 2.75) is 64.8 Å². The summed E-state index contributed by atoms with van der Waals surface area (Å²) in [6.45, 7) is 6.40. The maximum absolute atomic E-state index is 13.3. The fourth-order valence-electron chi connectivity index (χ4n) is 3.26. The maximum Gasteiger partial charge on any atom is 0.436 e. The molecule has 1 fully saturated rings. The summed E-state index contributed by atoms with van der Waals surface area (Å²) in [5.74, 6) is -0.417. The summed E-state index contributed by atoms with van der Waals surface area (Å²) in [6, 6.07) is -0.893. The summed E-state index contributed by atoms with van der Waals surface area (Å²) in [5.41, 5.74) is 0.882. The summed E-state index contributed by atoms with van der Waals surface area (Å²) < 4.78 is 42.7. The van der Waals surface area contributed by atoms with Gasteiger partial charge in [-0.25, -0.2) is 0 Å². The first-order valence-corrected chi connectivity index (χ1v) is 9.55. The third kappa shape index (κ3) is 3.90.